The van der Waals surface area contributed by atoms with Gasteiger partial charge in [-0.2, -0.15) is 0 Å². The summed E-state index contributed by atoms with van der Waals surface area (Å²) in [7, 11) is -2.34. The number of hydrogen-bond donors (Lipinski definition) is 2. The molecule has 3 aromatic rings. The van der Waals surface area contributed by atoms with Crippen LogP contribution in [-0.2, 0) is 14.8 Å². The molecule has 3 aromatic carbocycles. The number of methoxy groups -OCH3 is 1. The third-order valence-electron chi connectivity index (χ3n) is 4.64. The van der Waals surface area contributed by atoms with E-state index in [0.717, 1.165) is 10.0 Å². The van der Waals surface area contributed by atoms with Crippen molar-refractivity contribution in [1.29, 1.82) is 0 Å². The van der Waals surface area contributed by atoms with Crippen LogP contribution in [-0.4, -0.2) is 28.0 Å². The lowest BCUT2D eigenvalue weighted by Crippen LogP contribution is -2.31. The van der Waals surface area contributed by atoms with Crippen LogP contribution >= 0.6 is 27.5 Å². The number of ether oxygens (including phenoxy) is 2. The van der Waals surface area contributed by atoms with E-state index in [0.29, 0.717) is 11.4 Å². The van der Waals surface area contributed by atoms with Gasteiger partial charge < -0.3 is 14.8 Å². The van der Waals surface area contributed by atoms with Crippen LogP contribution in [0.2, 0.25) is 5.02 Å². The molecule has 0 radical (unpaired) electrons. The van der Waals surface area contributed by atoms with E-state index in [9.17, 15) is 13.2 Å². The molecule has 0 aliphatic rings. The fourth-order valence-electron chi connectivity index (χ4n) is 2.92. The molecule has 0 fully saturated rings. The lowest BCUT2D eigenvalue weighted by atomic mass is 10.1. The largest absolute Gasteiger partial charge is 0.497 e. The van der Waals surface area contributed by atoms with E-state index in [4.69, 9.17) is 21.1 Å². The van der Waals surface area contributed by atoms with Gasteiger partial charge in [0, 0.05) is 10.2 Å². The molecule has 174 valence electrons. The molecule has 0 aromatic heterocycles. The fourth-order valence-corrected chi connectivity index (χ4v) is 4.73. The Kier molecular flexibility index (Phi) is 8.23. The van der Waals surface area contributed by atoms with Crippen LogP contribution in [0.1, 0.15) is 18.5 Å². The zero-order valence-electron chi connectivity index (χ0n) is 17.8. The molecule has 1 atom stereocenters. The first-order valence-corrected chi connectivity index (χ1v) is 12.5. The minimum absolute atomic E-state index is 0.0385. The molecule has 2 N–H and O–H groups in total. The van der Waals surface area contributed by atoms with Crippen LogP contribution in [0, 0.1) is 0 Å². The molecule has 3 rings (SSSR count). The third-order valence-corrected chi connectivity index (χ3v) is 6.81. The van der Waals surface area contributed by atoms with Gasteiger partial charge in [0.15, 0.2) is 6.61 Å². The Hall–Kier alpha value is -2.75. The Morgan fingerprint density at radius 2 is 1.82 bits per heavy atom. The second-order valence-electron chi connectivity index (χ2n) is 7.06. The van der Waals surface area contributed by atoms with E-state index in [2.05, 4.69) is 26.0 Å². The lowest BCUT2D eigenvalue weighted by molar-refractivity contribution is -0.123. The zero-order chi connectivity index (χ0) is 24.0. The van der Waals surface area contributed by atoms with Crippen molar-refractivity contribution in [3.63, 3.8) is 0 Å². The first-order valence-electron chi connectivity index (χ1n) is 9.82. The second-order valence-corrected chi connectivity index (χ2v) is 10.1. The summed E-state index contributed by atoms with van der Waals surface area (Å²) in [6.07, 6.45) is 0. The van der Waals surface area contributed by atoms with Crippen molar-refractivity contribution in [3.8, 4) is 11.5 Å². The summed E-state index contributed by atoms with van der Waals surface area (Å²) in [5.74, 6) is 0.472. The zero-order valence-corrected chi connectivity index (χ0v) is 21.0. The average molecular weight is 554 g/mol. The van der Waals surface area contributed by atoms with Crippen LogP contribution in [0.5, 0.6) is 11.5 Å². The van der Waals surface area contributed by atoms with Crippen LogP contribution in [0.4, 0.5) is 5.69 Å². The molecule has 7 nitrogen and oxygen atoms in total. The number of carbonyl (C=O) groups excluding carboxylic acids is 1. The van der Waals surface area contributed by atoms with Crippen molar-refractivity contribution in [3.05, 3.63) is 81.8 Å². The van der Waals surface area contributed by atoms with Crippen molar-refractivity contribution in [2.45, 2.75) is 17.9 Å². The van der Waals surface area contributed by atoms with E-state index in [1.807, 2.05) is 31.2 Å². The van der Waals surface area contributed by atoms with E-state index in [1.165, 1.54) is 25.3 Å². The normalized spacial score (nSPS) is 12.0. The second kappa shape index (κ2) is 10.9. The molecular weight excluding hydrogens is 532 g/mol. The summed E-state index contributed by atoms with van der Waals surface area (Å²) in [6, 6.07) is 17.9. The standard InChI is InChI=1S/C23H22BrClN2O5S/c1-15(16-4-3-5-17(24)12-16)26-23(28)14-32-22-11-10-20(13-21(22)25)33(29,30)27-18-6-8-19(31-2)9-7-18/h3-13,15,27H,14H2,1-2H3,(H,26,28). The van der Waals surface area contributed by atoms with Gasteiger partial charge in [0.2, 0.25) is 0 Å². The average Bonchev–Trinajstić information content (AvgIpc) is 2.78. The fraction of sp³-hybridized carbons (Fsp3) is 0.174. The topological polar surface area (TPSA) is 93.7 Å². The van der Waals surface area contributed by atoms with Gasteiger partial charge in [-0.05, 0) is 67.1 Å². The van der Waals surface area contributed by atoms with Crippen LogP contribution in [0.25, 0.3) is 0 Å². The number of anilines is 1. The summed E-state index contributed by atoms with van der Waals surface area (Å²) in [4.78, 5) is 12.2. The molecule has 0 aliphatic carbocycles. The van der Waals surface area contributed by atoms with E-state index < -0.39 is 10.0 Å². The maximum atomic E-state index is 12.7. The Bertz CT molecular complexity index is 1240. The van der Waals surface area contributed by atoms with E-state index in [1.54, 1.807) is 24.3 Å². The van der Waals surface area contributed by atoms with Crippen LogP contribution in [0.15, 0.2) is 76.1 Å². The number of amides is 1. The molecular formula is C23H22BrClN2O5S. The van der Waals surface area contributed by atoms with Gasteiger partial charge in [-0.3, -0.25) is 9.52 Å². The van der Waals surface area contributed by atoms with Crippen LogP contribution < -0.4 is 19.5 Å². The first kappa shape index (κ1) is 24.9. The molecule has 33 heavy (non-hydrogen) atoms. The predicted octanol–water partition coefficient (Wildman–Crippen LogP) is 5.17. The third kappa shape index (κ3) is 6.86. The van der Waals surface area contributed by atoms with Crippen molar-refractivity contribution < 1.29 is 22.7 Å². The molecule has 0 saturated heterocycles. The Labute approximate surface area is 206 Å². The van der Waals surface area contributed by atoms with Gasteiger partial charge in [0.25, 0.3) is 15.9 Å². The highest BCUT2D eigenvalue weighted by atomic mass is 79.9. The number of benzene rings is 3. The van der Waals surface area contributed by atoms with Gasteiger partial charge in [0.1, 0.15) is 11.5 Å². The summed E-state index contributed by atoms with van der Waals surface area (Å²) < 4.78 is 39.3. The molecule has 1 amide bonds. The minimum Gasteiger partial charge on any atom is -0.497 e. The van der Waals surface area contributed by atoms with Gasteiger partial charge in [-0.1, -0.05) is 39.7 Å². The Balaban J connectivity index is 1.60. The van der Waals surface area contributed by atoms with Crippen LogP contribution in [0.3, 0.4) is 0 Å². The molecule has 0 saturated carbocycles. The molecule has 0 spiro atoms. The Morgan fingerprint density at radius 3 is 2.45 bits per heavy atom. The number of sulfonamides is 1. The maximum absolute atomic E-state index is 12.7. The number of carbonyl (C=O) groups is 1. The summed E-state index contributed by atoms with van der Waals surface area (Å²) in [5.41, 5.74) is 1.32. The molecule has 0 bridgehead atoms. The highest BCUT2D eigenvalue weighted by molar-refractivity contribution is 9.10. The van der Waals surface area contributed by atoms with Gasteiger partial charge in [0.05, 0.1) is 23.1 Å². The lowest BCUT2D eigenvalue weighted by Gasteiger charge is -2.15. The molecule has 0 aliphatic heterocycles. The summed E-state index contributed by atoms with van der Waals surface area (Å²) in [5, 5.41) is 2.91. The van der Waals surface area contributed by atoms with E-state index >= 15 is 0 Å². The minimum atomic E-state index is -3.87. The van der Waals surface area contributed by atoms with Crippen molar-refractivity contribution in [2.24, 2.45) is 0 Å². The first-order chi connectivity index (χ1) is 15.7. The van der Waals surface area contributed by atoms with Gasteiger partial charge >= 0.3 is 0 Å². The van der Waals surface area contributed by atoms with E-state index in [-0.39, 0.29) is 34.2 Å². The smallest absolute Gasteiger partial charge is 0.261 e. The predicted molar refractivity (Wildman–Crippen MR) is 131 cm³/mol. The number of nitrogens with one attached hydrogen (secondary N) is 2. The number of halogens is 2. The van der Waals surface area contributed by atoms with Crippen molar-refractivity contribution >= 4 is 49.1 Å². The van der Waals surface area contributed by atoms with Gasteiger partial charge in [-0.25, -0.2) is 8.42 Å². The SMILES string of the molecule is COc1ccc(NS(=O)(=O)c2ccc(OCC(=O)NC(C)c3cccc(Br)c3)c(Cl)c2)cc1. The summed E-state index contributed by atoms with van der Waals surface area (Å²) >= 11 is 9.62. The maximum Gasteiger partial charge on any atom is 0.261 e. The quantitative estimate of drug-likeness (QED) is 0.381. The number of hydrogen-bond acceptors (Lipinski definition) is 5. The highest BCUT2D eigenvalue weighted by Crippen LogP contribution is 2.28. The molecule has 10 heteroatoms. The monoisotopic (exact) mass is 552 g/mol. The Morgan fingerprint density at radius 1 is 1.09 bits per heavy atom. The van der Waals surface area contributed by atoms with Crippen molar-refractivity contribution in [2.75, 3.05) is 18.4 Å². The summed E-state index contributed by atoms with van der Waals surface area (Å²) in [6.45, 7) is 1.59. The van der Waals surface area contributed by atoms with Gasteiger partial charge in [-0.15, -0.1) is 0 Å². The highest BCUT2D eigenvalue weighted by Gasteiger charge is 2.17. The molecule has 1 unspecified atom stereocenters. The van der Waals surface area contributed by atoms with Crippen molar-refractivity contribution in [1.82, 2.24) is 5.32 Å². The number of rotatable bonds is 9. The molecule has 0 heterocycles.